The van der Waals surface area contributed by atoms with Gasteiger partial charge in [-0.05, 0) is 66.8 Å². The molecule has 2 N–H and O–H groups in total. The van der Waals surface area contributed by atoms with Gasteiger partial charge in [-0.15, -0.1) is 11.8 Å². The Kier molecular flexibility index (Phi) is 9.19. The molecular formula is C35H34N4O2S. The fraction of sp³-hybridized carbons (Fsp3) is 0.171. The van der Waals surface area contributed by atoms with Crippen LogP contribution in [0.5, 0.6) is 0 Å². The van der Waals surface area contributed by atoms with Crippen LogP contribution in [0.2, 0.25) is 0 Å². The lowest BCUT2D eigenvalue weighted by atomic mass is 9.99. The molecular weight excluding hydrogens is 540 g/mol. The zero-order valence-corrected chi connectivity index (χ0v) is 24.8. The highest BCUT2D eigenvalue weighted by Gasteiger charge is 2.18. The van der Waals surface area contributed by atoms with Crippen molar-refractivity contribution in [3.8, 4) is 16.9 Å². The highest BCUT2D eigenvalue weighted by atomic mass is 32.2. The average Bonchev–Trinajstić information content (AvgIpc) is 3.42. The van der Waals surface area contributed by atoms with Crippen LogP contribution in [0.1, 0.15) is 33.9 Å². The molecule has 2 amide bonds. The number of nitrogens with one attached hydrogen (secondary N) is 2. The van der Waals surface area contributed by atoms with Crippen molar-refractivity contribution in [2.75, 3.05) is 16.8 Å². The predicted molar refractivity (Wildman–Crippen MR) is 172 cm³/mol. The highest BCUT2D eigenvalue weighted by molar-refractivity contribution is 8.00. The molecule has 1 heterocycles. The van der Waals surface area contributed by atoms with Crippen LogP contribution in [-0.4, -0.2) is 33.1 Å². The van der Waals surface area contributed by atoms with E-state index in [0.29, 0.717) is 5.82 Å². The quantitative estimate of drug-likeness (QED) is 0.188. The number of hydrogen-bond donors (Lipinski definition) is 2. The number of benzene rings is 4. The van der Waals surface area contributed by atoms with Gasteiger partial charge in [-0.25, -0.2) is 4.68 Å². The van der Waals surface area contributed by atoms with Gasteiger partial charge in [0.2, 0.25) is 11.8 Å². The van der Waals surface area contributed by atoms with Crippen molar-refractivity contribution >= 4 is 29.4 Å². The summed E-state index contributed by atoms with van der Waals surface area (Å²) in [6, 6.07) is 35.4. The summed E-state index contributed by atoms with van der Waals surface area (Å²) in [5.41, 5.74) is 8.21. The fourth-order valence-electron chi connectivity index (χ4n) is 4.87. The molecule has 1 aromatic heterocycles. The summed E-state index contributed by atoms with van der Waals surface area (Å²) in [7, 11) is 0. The molecule has 0 radical (unpaired) electrons. The van der Waals surface area contributed by atoms with Crippen molar-refractivity contribution in [3.63, 3.8) is 0 Å². The molecule has 0 atom stereocenters. The van der Waals surface area contributed by atoms with Gasteiger partial charge in [-0.3, -0.25) is 9.59 Å². The first-order chi connectivity index (χ1) is 20.4. The Bertz CT molecular complexity index is 1630. The Balaban J connectivity index is 1.26. The minimum Gasteiger partial charge on any atom is -0.344 e. The molecule has 0 aliphatic heterocycles. The predicted octanol–water partition coefficient (Wildman–Crippen LogP) is 7.04. The Morgan fingerprint density at radius 3 is 1.88 bits per heavy atom. The molecule has 0 spiro atoms. The van der Waals surface area contributed by atoms with Gasteiger partial charge in [0.1, 0.15) is 5.82 Å². The first-order valence-corrected chi connectivity index (χ1v) is 15.0. The average molecular weight is 575 g/mol. The maximum Gasteiger partial charge on any atom is 0.235 e. The Morgan fingerprint density at radius 2 is 1.26 bits per heavy atom. The smallest absolute Gasteiger partial charge is 0.235 e. The number of aromatic nitrogens is 2. The van der Waals surface area contributed by atoms with Crippen molar-refractivity contribution < 1.29 is 9.59 Å². The SMILES string of the molecule is Cc1cc(C)c(-c2cc(NC(=O)CSCC(=O)NC(c3ccccc3)c3ccccc3)n(-c3ccccc3)n2)cc1C. The van der Waals surface area contributed by atoms with Gasteiger partial charge in [-0.1, -0.05) is 84.9 Å². The lowest BCUT2D eigenvalue weighted by Crippen LogP contribution is -2.31. The maximum absolute atomic E-state index is 13.0. The molecule has 0 saturated heterocycles. The van der Waals surface area contributed by atoms with E-state index >= 15 is 0 Å². The Hall–Kier alpha value is -4.62. The van der Waals surface area contributed by atoms with Crippen LogP contribution in [0.15, 0.2) is 109 Å². The number of nitrogens with zero attached hydrogens (tertiary/aromatic N) is 2. The summed E-state index contributed by atoms with van der Waals surface area (Å²) in [6.45, 7) is 6.26. The molecule has 42 heavy (non-hydrogen) atoms. The van der Waals surface area contributed by atoms with Gasteiger partial charge >= 0.3 is 0 Å². The molecule has 0 saturated carbocycles. The van der Waals surface area contributed by atoms with E-state index in [1.54, 1.807) is 4.68 Å². The minimum atomic E-state index is -0.262. The van der Waals surface area contributed by atoms with E-state index in [9.17, 15) is 9.59 Å². The molecule has 4 aromatic carbocycles. The van der Waals surface area contributed by atoms with Crippen LogP contribution in [0.3, 0.4) is 0 Å². The molecule has 7 heteroatoms. The largest absolute Gasteiger partial charge is 0.344 e. The number of hydrogen-bond acceptors (Lipinski definition) is 4. The van der Waals surface area contributed by atoms with E-state index in [4.69, 9.17) is 5.10 Å². The molecule has 0 aliphatic rings. The van der Waals surface area contributed by atoms with Crippen LogP contribution < -0.4 is 10.6 Å². The van der Waals surface area contributed by atoms with Crippen LogP contribution in [0.25, 0.3) is 16.9 Å². The summed E-state index contributed by atoms with van der Waals surface area (Å²) in [4.78, 5) is 26.0. The lowest BCUT2D eigenvalue weighted by Gasteiger charge is -2.20. The zero-order valence-electron chi connectivity index (χ0n) is 24.0. The number of rotatable bonds is 10. The van der Waals surface area contributed by atoms with Gasteiger partial charge in [0.15, 0.2) is 0 Å². The second-order valence-corrected chi connectivity index (χ2v) is 11.3. The van der Waals surface area contributed by atoms with E-state index in [1.165, 1.54) is 22.9 Å². The summed E-state index contributed by atoms with van der Waals surface area (Å²) in [6.07, 6.45) is 0. The monoisotopic (exact) mass is 574 g/mol. The van der Waals surface area contributed by atoms with Crippen molar-refractivity contribution in [1.82, 2.24) is 15.1 Å². The topological polar surface area (TPSA) is 76.0 Å². The number of para-hydroxylation sites is 1. The van der Waals surface area contributed by atoms with Crippen LogP contribution in [0, 0.1) is 20.8 Å². The number of amides is 2. The Labute approximate surface area is 251 Å². The number of thioether (sulfide) groups is 1. The van der Waals surface area contributed by atoms with E-state index in [0.717, 1.165) is 33.6 Å². The number of aryl methyl sites for hydroxylation is 3. The first kappa shape index (κ1) is 28.9. The van der Waals surface area contributed by atoms with Crippen molar-refractivity contribution in [2.45, 2.75) is 26.8 Å². The standard InChI is InChI=1S/C35H34N4O2S/c1-24-19-26(3)30(20-25(24)2)31-21-32(39(38-31)29-17-11-6-12-18-29)36-33(40)22-42-23-34(41)37-35(27-13-7-4-8-14-27)28-15-9-5-10-16-28/h4-21,35H,22-23H2,1-3H3,(H,36,40)(H,37,41). The van der Waals surface area contributed by atoms with E-state index in [1.807, 2.05) is 97.1 Å². The highest BCUT2D eigenvalue weighted by Crippen LogP contribution is 2.29. The third-order valence-electron chi connectivity index (χ3n) is 7.13. The lowest BCUT2D eigenvalue weighted by molar-refractivity contribution is -0.119. The van der Waals surface area contributed by atoms with Gasteiger partial charge in [0, 0.05) is 11.6 Å². The van der Waals surface area contributed by atoms with Crippen molar-refractivity contribution in [3.05, 3.63) is 137 Å². The van der Waals surface area contributed by atoms with Crippen LogP contribution in [-0.2, 0) is 9.59 Å². The van der Waals surface area contributed by atoms with Crippen molar-refractivity contribution in [1.29, 1.82) is 0 Å². The molecule has 5 rings (SSSR count). The van der Waals surface area contributed by atoms with Crippen LogP contribution in [0.4, 0.5) is 5.82 Å². The molecule has 0 fully saturated rings. The zero-order chi connectivity index (χ0) is 29.5. The minimum absolute atomic E-state index is 0.132. The van der Waals surface area contributed by atoms with Crippen LogP contribution >= 0.6 is 11.8 Å². The van der Waals surface area contributed by atoms with E-state index < -0.39 is 0 Å². The summed E-state index contributed by atoms with van der Waals surface area (Å²) >= 11 is 1.28. The molecule has 0 aliphatic carbocycles. The second kappa shape index (κ2) is 13.4. The third-order valence-corrected chi connectivity index (χ3v) is 8.06. The molecule has 212 valence electrons. The molecule has 6 nitrogen and oxygen atoms in total. The molecule has 0 unspecified atom stereocenters. The van der Waals surface area contributed by atoms with Gasteiger partial charge in [-0.2, -0.15) is 5.10 Å². The normalized spacial score (nSPS) is 11.0. The summed E-state index contributed by atoms with van der Waals surface area (Å²) in [5, 5.41) is 11.0. The van der Waals surface area contributed by atoms with Gasteiger partial charge < -0.3 is 10.6 Å². The first-order valence-electron chi connectivity index (χ1n) is 13.9. The summed E-state index contributed by atoms with van der Waals surface area (Å²) in [5.74, 6) is 0.543. The van der Waals surface area contributed by atoms with Gasteiger partial charge in [0.05, 0.1) is 28.9 Å². The van der Waals surface area contributed by atoms with E-state index in [2.05, 4.69) is 43.5 Å². The third kappa shape index (κ3) is 6.98. The number of carbonyl (C=O) groups excluding carboxylic acids is 2. The maximum atomic E-state index is 13.0. The molecule has 0 bridgehead atoms. The summed E-state index contributed by atoms with van der Waals surface area (Å²) < 4.78 is 1.75. The van der Waals surface area contributed by atoms with Gasteiger partial charge in [0.25, 0.3) is 0 Å². The number of anilines is 1. The second-order valence-electron chi connectivity index (χ2n) is 10.3. The Morgan fingerprint density at radius 1 is 0.714 bits per heavy atom. The molecule has 5 aromatic rings. The van der Waals surface area contributed by atoms with Crippen molar-refractivity contribution in [2.24, 2.45) is 0 Å². The number of carbonyl (C=O) groups is 2. The fourth-order valence-corrected chi connectivity index (χ4v) is 5.50. The van der Waals surface area contributed by atoms with E-state index in [-0.39, 0.29) is 29.4 Å².